The Bertz CT molecular complexity index is 1960. The van der Waals surface area contributed by atoms with Gasteiger partial charge in [0.05, 0.1) is 61.0 Å². The molecule has 2 aliphatic heterocycles. The van der Waals surface area contributed by atoms with Crippen LogP contribution < -0.4 is 29.4 Å². The third-order valence-corrected chi connectivity index (χ3v) is 8.51. The van der Waals surface area contributed by atoms with Crippen LogP contribution in [-0.4, -0.2) is 93.8 Å². The number of ether oxygens (including phenoxy) is 2. The largest absolute Gasteiger partial charge is 0.778 e. The van der Waals surface area contributed by atoms with Crippen molar-refractivity contribution < 1.29 is 52.8 Å². The number of methoxy groups -OCH3 is 1. The van der Waals surface area contributed by atoms with Gasteiger partial charge in [0.15, 0.2) is 18.2 Å². The van der Waals surface area contributed by atoms with Crippen LogP contribution in [0.5, 0.6) is 11.5 Å². The first-order valence-electron chi connectivity index (χ1n) is 15.1. The topological polar surface area (TPSA) is 216 Å². The number of aliphatic carboxylic acids is 1. The highest BCUT2D eigenvalue weighted by Gasteiger charge is 2.31. The Morgan fingerprint density at radius 1 is 1.26 bits per heavy atom. The van der Waals surface area contributed by atoms with Gasteiger partial charge in [-0.3, -0.25) is 19.8 Å². The van der Waals surface area contributed by atoms with E-state index in [4.69, 9.17) is 54.2 Å². The Labute approximate surface area is 322 Å². The van der Waals surface area contributed by atoms with E-state index < -0.39 is 38.2 Å². The number of anilines is 1. The van der Waals surface area contributed by atoms with Crippen molar-refractivity contribution >= 4 is 82.4 Å². The highest BCUT2D eigenvalue weighted by Crippen LogP contribution is 2.38. The van der Waals surface area contributed by atoms with E-state index in [0.717, 1.165) is 18.8 Å². The Balaban J connectivity index is 0.000000301. The van der Waals surface area contributed by atoms with Gasteiger partial charge in [-0.2, -0.15) is 4.37 Å². The van der Waals surface area contributed by atoms with Crippen molar-refractivity contribution in [3.63, 3.8) is 0 Å². The summed E-state index contributed by atoms with van der Waals surface area (Å²) in [5.74, 6) is 0.672. The number of fused-ring (bicyclic) bond motifs is 2. The van der Waals surface area contributed by atoms with Crippen molar-refractivity contribution in [2.24, 2.45) is 10.4 Å². The van der Waals surface area contributed by atoms with Gasteiger partial charge in [-0.25, -0.2) is 14.2 Å². The average Bonchev–Trinajstić information content (AvgIpc) is 3.54. The van der Waals surface area contributed by atoms with Gasteiger partial charge in [0.1, 0.15) is 30.4 Å². The van der Waals surface area contributed by atoms with Gasteiger partial charge in [-0.05, 0) is 34.5 Å². The number of aromatic nitrogens is 2. The summed E-state index contributed by atoms with van der Waals surface area (Å²) < 4.78 is 41.1. The Hall–Kier alpha value is -3.66. The van der Waals surface area contributed by atoms with E-state index in [9.17, 15) is 28.2 Å². The minimum atomic E-state index is -4.35. The molecule has 0 saturated carbocycles. The average molecular weight is 839 g/mol. The maximum Gasteiger partial charge on any atom is 0.341 e. The second-order valence-corrected chi connectivity index (χ2v) is 17.8. The zero-order valence-corrected chi connectivity index (χ0v) is 33.6. The fraction of sp³-hybridized carbons (Fsp3) is 0.406. The number of nitrogens with zero attached hydrogens (tertiary/aromatic N) is 4. The molecule has 0 aliphatic carbocycles. The second kappa shape index (κ2) is 20.1. The van der Waals surface area contributed by atoms with E-state index >= 15 is 0 Å². The summed E-state index contributed by atoms with van der Waals surface area (Å²) in [5.41, 5.74) is 0.564. The van der Waals surface area contributed by atoms with Crippen molar-refractivity contribution in [3.8, 4) is 23.8 Å². The SMILES string of the molecule is C#CCN1C(=O)COc2cc(F)c(N=c3snc4n3CC(C)(C)C4)cc21.COc1c(Cl)ccc(Cl)c1C(=O)O.C[S+](C)C.O=C(O)CNCP(=O)([O-])O. The van der Waals surface area contributed by atoms with Gasteiger partial charge < -0.3 is 38.6 Å². The number of hydrogen-bond donors (Lipinski definition) is 4. The van der Waals surface area contributed by atoms with Gasteiger partial charge in [0.25, 0.3) is 5.91 Å². The van der Waals surface area contributed by atoms with Crippen LogP contribution in [0.25, 0.3) is 0 Å². The summed E-state index contributed by atoms with van der Waals surface area (Å²) in [4.78, 5) is 57.1. The van der Waals surface area contributed by atoms with Crippen LogP contribution >= 0.6 is 42.3 Å². The molecule has 1 atom stereocenters. The molecule has 1 aromatic heterocycles. The van der Waals surface area contributed by atoms with E-state index in [0.29, 0.717) is 27.1 Å². The Morgan fingerprint density at radius 3 is 2.42 bits per heavy atom. The van der Waals surface area contributed by atoms with Crippen molar-refractivity contribution in [1.29, 1.82) is 0 Å². The lowest BCUT2D eigenvalue weighted by Gasteiger charge is -2.28. The molecule has 15 nitrogen and oxygen atoms in total. The highest BCUT2D eigenvalue weighted by atomic mass is 35.5. The molecule has 0 spiro atoms. The lowest BCUT2D eigenvalue weighted by atomic mass is 9.92. The summed E-state index contributed by atoms with van der Waals surface area (Å²) >= 11 is 12.6. The minimum Gasteiger partial charge on any atom is -0.778 e. The lowest BCUT2D eigenvalue weighted by molar-refractivity contribution is -0.193. The fourth-order valence-electron chi connectivity index (χ4n) is 4.48. The maximum absolute atomic E-state index is 14.5. The standard InChI is InChI=1S/C18H17FN4O2S.C8H6Cl2O3.C3H8NO5P.C3H9S/c1-4-5-22-13-7-12(11(19)6-14(13)25-9-16(22)24)20-17-23-10-18(2,3)8-15(23)21-26-17;1-13-7-5(10)3-2-4(9)6(7)8(11)12;5-3(6)1-4-2-10(7,8)9;1-4(2)3/h1,6-7H,5,8-10H2,2-3H3;2-3H,1H3,(H,11,12);4H,1-2H2,(H,5,6)(H2,7,8,9);1-3H3/q;;;+1/p-1. The number of aromatic carboxylic acids is 1. The number of carbonyl (C=O) groups excluding carboxylic acids is 1. The molecule has 0 fully saturated rings. The molecule has 0 saturated heterocycles. The Kier molecular flexibility index (Phi) is 17.3. The predicted octanol–water partition coefficient (Wildman–Crippen LogP) is 3.62. The van der Waals surface area contributed by atoms with Gasteiger partial charge in [-0.1, -0.05) is 43.0 Å². The number of halogens is 3. The highest BCUT2D eigenvalue weighted by molar-refractivity contribution is 7.94. The molecule has 3 heterocycles. The molecular formula is C32H39Cl2FN5O10PS2. The van der Waals surface area contributed by atoms with Crippen molar-refractivity contribution in [2.45, 2.75) is 26.8 Å². The zero-order valence-electron chi connectivity index (χ0n) is 29.5. The van der Waals surface area contributed by atoms with Crippen LogP contribution in [0.15, 0.2) is 29.3 Å². The Morgan fingerprint density at radius 2 is 1.89 bits per heavy atom. The zero-order chi connectivity index (χ0) is 40.3. The predicted molar refractivity (Wildman–Crippen MR) is 201 cm³/mol. The second-order valence-electron chi connectivity index (χ2n) is 12.2. The molecule has 0 radical (unpaired) electrons. The third kappa shape index (κ3) is 14.3. The number of rotatable bonds is 8. The van der Waals surface area contributed by atoms with E-state index in [2.05, 4.69) is 47.9 Å². The van der Waals surface area contributed by atoms with Crippen LogP contribution in [0, 0.1) is 23.6 Å². The molecule has 5 rings (SSSR count). The lowest BCUT2D eigenvalue weighted by Crippen LogP contribution is -2.39. The van der Waals surface area contributed by atoms with Crippen molar-refractivity contribution in [3.05, 3.63) is 56.3 Å². The summed E-state index contributed by atoms with van der Waals surface area (Å²) in [6, 6.07) is 5.65. The number of nitrogens with one attached hydrogen (secondary N) is 1. The van der Waals surface area contributed by atoms with Crippen LogP contribution in [0.4, 0.5) is 15.8 Å². The summed E-state index contributed by atoms with van der Waals surface area (Å²) in [6.07, 6.45) is 12.1. The number of carbonyl (C=O) groups is 3. The van der Waals surface area contributed by atoms with E-state index in [-0.39, 0.29) is 51.5 Å². The van der Waals surface area contributed by atoms with Gasteiger partial charge in [-0.15, -0.1) is 6.42 Å². The maximum atomic E-state index is 14.5. The van der Waals surface area contributed by atoms with Crippen molar-refractivity contribution in [1.82, 2.24) is 14.3 Å². The number of carboxylic acids is 2. The molecule has 53 heavy (non-hydrogen) atoms. The van der Waals surface area contributed by atoms with Gasteiger partial charge in [0, 0.05) is 30.6 Å². The number of benzene rings is 2. The third-order valence-electron chi connectivity index (χ3n) is 6.50. The number of carboxylic acid groups (broad SMARTS) is 2. The molecule has 4 N–H and O–H groups in total. The number of terminal acetylenes is 1. The van der Waals surface area contributed by atoms with Crippen molar-refractivity contribution in [2.75, 3.05) is 56.8 Å². The van der Waals surface area contributed by atoms with E-state index in [1.165, 1.54) is 47.8 Å². The van der Waals surface area contributed by atoms with E-state index in [1.807, 2.05) is 9.88 Å². The molecular weight excluding hydrogens is 799 g/mol. The summed E-state index contributed by atoms with van der Waals surface area (Å²) in [6.45, 7) is 4.57. The van der Waals surface area contributed by atoms with Gasteiger partial charge >= 0.3 is 11.9 Å². The van der Waals surface area contributed by atoms with Crippen LogP contribution in [0.1, 0.15) is 30.0 Å². The molecule has 3 aromatic rings. The number of amides is 1. The minimum absolute atomic E-state index is 0.0849. The summed E-state index contributed by atoms with van der Waals surface area (Å²) in [7, 11) is -2.37. The van der Waals surface area contributed by atoms with Gasteiger partial charge in [0.2, 0.25) is 4.80 Å². The molecule has 2 aliphatic rings. The van der Waals surface area contributed by atoms with Crippen LogP contribution in [0.2, 0.25) is 10.0 Å². The smallest absolute Gasteiger partial charge is 0.341 e. The normalized spacial score (nSPS) is 15.1. The molecule has 1 amide bonds. The van der Waals surface area contributed by atoms with Crippen LogP contribution in [-0.2, 0) is 38.0 Å². The van der Waals surface area contributed by atoms with E-state index in [1.54, 1.807) is 0 Å². The summed E-state index contributed by atoms with van der Waals surface area (Å²) in [5, 5.41) is 19.1. The first-order valence-corrected chi connectivity index (χ1v) is 20.8. The molecule has 290 valence electrons. The van der Waals surface area contributed by atoms with Crippen LogP contribution in [0.3, 0.4) is 0 Å². The quantitative estimate of drug-likeness (QED) is 0.146. The first-order chi connectivity index (χ1) is 24.6. The molecule has 21 heteroatoms. The monoisotopic (exact) mass is 837 g/mol. The fourth-order valence-corrected chi connectivity index (χ4v) is 6.10. The molecule has 0 bridgehead atoms. The first kappa shape index (κ1) is 45.5. The number of hydrogen-bond acceptors (Lipinski definition) is 11. The molecule has 2 aromatic carbocycles. The molecule has 1 unspecified atom stereocenters.